The highest BCUT2D eigenvalue weighted by atomic mass is 32.1. The van der Waals surface area contributed by atoms with Crippen molar-refractivity contribution in [2.45, 2.75) is 6.18 Å². The zero-order valence-corrected chi connectivity index (χ0v) is 15.4. The molecule has 3 rings (SSSR count). The Kier molecular flexibility index (Phi) is 4.92. The van der Waals surface area contributed by atoms with Crippen LogP contribution in [0.3, 0.4) is 0 Å². The molecule has 0 spiro atoms. The molecular formula is C16H12F3N5O4S. The van der Waals surface area contributed by atoms with E-state index in [9.17, 15) is 28.1 Å². The van der Waals surface area contributed by atoms with E-state index in [1.54, 1.807) is 0 Å². The van der Waals surface area contributed by atoms with Gasteiger partial charge >= 0.3 is 11.2 Å². The summed E-state index contributed by atoms with van der Waals surface area (Å²) in [6, 6.07) is 5.34. The average Bonchev–Trinajstić information content (AvgIpc) is 3.26. The van der Waals surface area contributed by atoms with Gasteiger partial charge in [0, 0.05) is 18.5 Å². The number of amides is 1. The summed E-state index contributed by atoms with van der Waals surface area (Å²) in [5.41, 5.74) is 3.87. The molecule has 0 saturated heterocycles. The van der Waals surface area contributed by atoms with Gasteiger partial charge in [-0.25, -0.2) is 0 Å². The number of guanidine groups is 1. The van der Waals surface area contributed by atoms with Crippen molar-refractivity contribution >= 4 is 39.1 Å². The number of carbonyl (C=O) groups is 1. The second kappa shape index (κ2) is 7.09. The normalized spacial score (nSPS) is 11.4. The Morgan fingerprint density at radius 2 is 2.03 bits per heavy atom. The van der Waals surface area contributed by atoms with Crippen LogP contribution in [0.15, 0.2) is 30.3 Å². The van der Waals surface area contributed by atoms with Gasteiger partial charge in [0.05, 0.1) is 16.0 Å². The molecule has 0 fully saturated rings. The Morgan fingerprint density at radius 3 is 2.59 bits per heavy atom. The van der Waals surface area contributed by atoms with Crippen LogP contribution >= 0.6 is 11.3 Å². The molecule has 0 aliphatic rings. The molecule has 0 atom stereocenters. The van der Waals surface area contributed by atoms with E-state index in [-0.39, 0.29) is 32.4 Å². The van der Waals surface area contributed by atoms with Crippen molar-refractivity contribution in [1.29, 1.82) is 5.41 Å². The maximum absolute atomic E-state index is 13.4. The maximum Gasteiger partial charge on any atom is 0.417 e. The number of fused-ring (bicyclic) bond motifs is 1. The van der Waals surface area contributed by atoms with Crippen molar-refractivity contribution < 1.29 is 27.6 Å². The second-order valence-corrected chi connectivity index (χ2v) is 6.81. The summed E-state index contributed by atoms with van der Waals surface area (Å²) in [7, 11) is 1.20. The van der Waals surface area contributed by atoms with Crippen LogP contribution in [0.1, 0.15) is 16.1 Å². The van der Waals surface area contributed by atoms with Crippen LogP contribution in [-0.2, 0) is 6.18 Å². The molecule has 1 amide bonds. The molecule has 4 N–H and O–H groups in total. The van der Waals surface area contributed by atoms with Crippen molar-refractivity contribution in [2.24, 2.45) is 5.73 Å². The van der Waals surface area contributed by atoms with E-state index in [0.29, 0.717) is 11.3 Å². The molecular weight excluding hydrogens is 415 g/mol. The summed E-state index contributed by atoms with van der Waals surface area (Å²) in [5.74, 6) is -1.47. The van der Waals surface area contributed by atoms with E-state index in [0.717, 1.165) is 23.1 Å². The third kappa shape index (κ3) is 3.85. The summed E-state index contributed by atoms with van der Waals surface area (Å²) in [4.78, 5) is 25.8. The van der Waals surface area contributed by atoms with Crippen LogP contribution in [0.5, 0.6) is 10.8 Å². The number of thiophene rings is 1. The van der Waals surface area contributed by atoms with Gasteiger partial charge < -0.3 is 15.5 Å². The number of hydrogen-bond donors (Lipinski definition) is 3. The number of nitro groups is 1. The molecule has 0 aliphatic heterocycles. The number of ether oxygens (including phenoxy) is 1. The number of rotatable bonds is 4. The molecule has 0 radical (unpaired) electrons. The molecule has 9 nitrogen and oxygen atoms in total. The molecule has 13 heteroatoms. The molecule has 0 aliphatic carbocycles. The predicted octanol–water partition coefficient (Wildman–Crippen LogP) is 3.91. The number of nitrogens with one attached hydrogen (secondary N) is 2. The topological polar surface area (TPSA) is 138 Å². The lowest BCUT2D eigenvalue weighted by Crippen LogP contribution is -2.38. The van der Waals surface area contributed by atoms with Crippen molar-refractivity contribution in [1.82, 2.24) is 9.88 Å². The van der Waals surface area contributed by atoms with Crippen LogP contribution in [0.4, 0.5) is 18.2 Å². The number of halogens is 3. The van der Waals surface area contributed by atoms with Crippen LogP contribution in [0, 0.1) is 15.5 Å². The highest BCUT2D eigenvalue weighted by Crippen LogP contribution is 2.41. The van der Waals surface area contributed by atoms with Gasteiger partial charge in [-0.05, 0) is 35.6 Å². The van der Waals surface area contributed by atoms with Gasteiger partial charge in [-0.1, -0.05) is 0 Å². The van der Waals surface area contributed by atoms with Crippen LogP contribution in [0.25, 0.3) is 10.9 Å². The van der Waals surface area contributed by atoms with Gasteiger partial charge in [-0.2, -0.15) is 13.2 Å². The molecule has 2 aromatic heterocycles. The first-order chi connectivity index (χ1) is 13.5. The highest BCUT2D eigenvalue weighted by molar-refractivity contribution is 7.17. The number of nitrogens with two attached hydrogens (primary N) is 1. The zero-order valence-electron chi connectivity index (χ0n) is 14.5. The summed E-state index contributed by atoms with van der Waals surface area (Å²) >= 11 is 0.699. The standard InChI is InChI=1S/C16H12F3N5O4S/c1-23(15(20)21)14(25)9-6-7-8(16(17,18)19)2-3-10(13(7)22-9)28-12-5-4-11(29-12)24(26)27/h2-6,22H,1H3,(H3,20,21). The Labute approximate surface area is 164 Å². The fourth-order valence-electron chi connectivity index (χ4n) is 2.50. The lowest BCUT2D eigenvalue weighted by atomic mass is 10.1. The van der Waals surface area contributed by atoms with Crippen LogP contribution in [0.2, 0.25) is 0 Å². The number of alkyl halides is 3. The zero-order chi connectivity index (χ0) is 21.5. The number of aromatic nitrogens is 1. The Morgan fingerprint density at radius 1 is 1.34 bits per heavy atom. The van der Waals surface area contributed by atoms with E-state index in [1.807, 2.05) is 0 Å². The number of carbonyl (C=O) groups excluding carboxylic acids is 1. The van der Waals surface area contributed by atoms with E-state index in [1.165, 1.54) is 19.2 Å². The molecule has 0 unspecified atom stereocenters. The second-order valence-electron chi connectivity index (χ2n) is 5.78. The monoisotopic (exact) mass is 427 g/mol. The molecule has 152 valence electrons. The van der Waals surface area contributed by atoms with Crippen LogP contribution in [-0.4, -0.2) is 33.7 Å². The number of benzene rings is 1. The smallest absolute Gasteiger partial charge is 0.417 e. The summed E-state index contributed by atoms with van der Waals surface area (Å²) in [6.07, 6.45) is -4.70. The lowest BCUT2D eigenvalue weighted by Gasteiger charge is -2.12. The largest absolute Gasteiger partial charge is 0.444 e. The molecule has 29 heavy (non-hydrogen) atoms. The Balaban J connectivity index is 2.12. The van der Waals surface area contributed by atoms with Gasteiger partial charge in [0.2, 0.25) is 0 Å². The van der Waals surface area contributed by atoms with Crippen molar-refractivity contribution in [3.8, 4) is 10.8 Å². The minimum atomic E-state index is -4.70. The van der Waals surface area contributed by atoms with Crippen molar-refractivity contribution in [3.05, 3.63) is 51.7 Å². The summed E-state index contributed by atoms with van der Waals surface area (Å²) < 4.78 is 45.7. The van der Waals surface area contributed by atoms with E-state index < -0.39 is 28.5 Å². The van der Waals surface area contributed by atoms with Gasteiger partial charge in [-0.3, -0.25) is 25.2 Å². The van der Waals surface area contributed by atoms with Gasteiger partial charge in [0.1, 0.15) is 5.69 Å². The maximum atomic E-state index is 13.4. The van der Waals surface area contributed by atoms with Gasteiger partial charge in [-0.15, -0.1) is 0 Å². The van der Waals surface area contributed by atoms with Crippen LogP contribution < -0.4 is 10.5 Å². The number of H-pyrrole nitrogens is 1. The molecule has 0 bridgehead atoms. The third-order valence-electron chi connectivity index (χ3n) is 3.92. The Bertz CT molecular complexity index is 1140. The first-order valence-electron chi connectivity index (χ1n) is 7.76. The quantitative estimate of drug-likeness (QED) is 0.251. The molecule has 1 aromatic carbocycles. The first-order valence-corrected chi connectivity index (χ1v) is 8.57. The summed E-state index contributed by atoms with van der Waals surface area (Å²) in [6.45, 7) is 0. The number of nitrogens with zero attached hydrogens (tertiary/aromatic N) is 2. The fraction of sp³-hybridized carbons (Fsp3) is 0.125. The van der Waals surface area contributed by atoms with Gasteiger partial charge in [0.15, 0.2) is 16.8 Å². The summed E-state index contributed by atoms with van der Waals surface area (Å²) in [5, 5.41) is 17.6. The molecule has 0 saturated carbocycles. The minimum Gasteiger partial charge on any atom is -0.444 e. The SMILES string of the molecule is CN(C(=N)N)C(=O)c1cc2c(C(F)(F)F)ccc(Oc3ccc([N+](=O)[O-])s3)c2[nH]1. The first kappa shape index (κ1) is 20.1. The fourth-order valence-corrected chi connectivity index (χ4v) is 3.19. The van der Waals surface area contributed by atoms with E-state index in [4.69, 9.17) is 15.9 Å². The molecule has 2 heterocycles. The van der Waals surface area contributed by atoms with E-state index >= 15 is 0 Å². The van der Waals surface area contributed by atoms with Gasteiger partial charge in [0.25, 0.3) is 5.91 Å². The number of hydrogen-bond acceptors (Lipinski definition) is 6. The minimum absolute atomic E-state index is 0.0609. The third-order valence-corrected chi connectivity index (χ3v) is 4.83. The highest BCUT2D eigenvalue weighted by Gasteiger charge is 2.34. The number of aromatic amines is 1. The van der Waals surface area contributed by atoms with Crippen molar-refractivity contribution in [2.75, 3.05) is 7.05 Å². The Hall–Kier alpha value is -3.61. The van der Waals surface area contributed by atoms with Crippen molar-refractivity contribution in [3.63, 3.8) is 0 Å². The lowest BCUT2D eigenvalue weighted by molar-refractivity contribution is -0.380. The average molecular weight is 427 g/mol. The predicted molar refractivity (Wildman–Crippen MR) is 98.4 cm³/mol. The molecule has 3 aromatic rings. The van der Waals surface area contributed by atoms with E-state index in [2.05, 4.69) is 4.98 Å².